The van der Waals surface area contributed by atoms with Gasteiger partial charge in [-0.15, -0.1) is 0 Å². The fraction of sp³-hybridized carbons (Fsp3) is 0.647. The maximum atomic E-state index is 6.45. The van der Waals surface area contributed by atoms with Crippen molar-refractivity contribution in [3.05, 3.63) is 23.8 Å². The van der Waals surface area contributed by atoms with Crippen LogP contribution in [0.2, 0.25) is 0 Å². The second kappa shape index (κ2) is 4.66. The van der Waals surface area contributed by atoms with Gasteiger partial charge in [0, 0.05) is 24.1 Å². The van der Waals surface area contributed by atoms with E-state index in [1.807, 2.05) is 18.2 Å². The highest BCUT2D eigenvalue weighted by molar-refractivity contribution is 5.44. The summed E-state index contributed by atoms with van der Waals surface area (Å²) in [5, 5.41) is 0. The lowest BCUT2D eigenvalue weighted by Gasteiger charge is -2.48. The summed E-state index contributed by atoms with van der Waals surface area (Å²) in [6.07, 6.45) is 5.62. The van der Waals surface area contributed by atoms with E-state index in [1.54, 1.807) is 7.11 Å². The molecule has 1 saturated carbocycles. The Balaban J connectivity index is 1.94. The van der Waals surface area contributed by atoms with Crippen molar-refractivity contribution >= 4 is 0 Å². The van der Waals surface area contributed by atoms with Crippen molar-refractivity contribution in [2.24, 2.45) is 11.1 Å². The molecule has 20 heavy (non-hydrogen) atoms. The lowest BCUT2D eigenvalue weighted by molar-refractivity contribution is -0.0386. The van der Waals surface area contributed by atoms with Crippen molar-refractivity contribution in [3.8, 4) is 11.5 Å². The van der Waals surface area contributed by atoms with Gasteiger partial charge in [-0.2, -0.15) is 0 Å². The molecule has 1 fully saturated rings. The summed E-state index contributed by atoms with van der Waals surface area (Å²) < 4.78 is 11.8. The third-order valence-corrected chi connectivity index (χ3v) is 4.83. The van der Waals surface area contributed by atoms with Gasteiger partial charge in [0.2, 0.25) is 0 Å². The van der Waals surface area contributed by atoms with E-state index in [0.29, 0.717) is 5.41 Å². The minimum Gasteiger partial charge on any atom is -0.497 e. The predicted octanol–water partition coefficient (Wildman–Crippen LogP) is 3.82. The fourth-order valence-corrected chi connectivity index (χ4v) is 4.02. The fourth-order valence-electron chi connectivity index (χ4n) is 4.02. The van der Waals surface area contributed by atoms with Crippen LogP contribution >= 0.6 is 0 Å². The highest BCUT2D eigenvalue weighted by Gasteiger charge is 2.45. The minimum absolute atomic E-state index is 0.0681. The number of hydrogen-bond acceptors (Lipinski definition) is 3. The molecular weight excluding hydrogens is 250 g/mol. The zero-order chi connectivity index (χ0) is 14.4. The molecule has 0 radical (unpaired) electrons. The first-order chi connectivity index (χ1) is 9.43. The van der Waals surface area contributed by atoms with Crippen LogP contribution in [0.25, 0.3) is 0 Å². The molecule has 2 aliphatic rings. The number of hydrogen-bond donors (Lipinski definition) is 1. The van der Waals surface area contributed by atoms with E-state index in [-0.39, 0.29) is 11.6 Å². The summed E-state index contributed by atoms with van der Waals surface area (Å²) in [6, 6.07) is 6.06. The van der Waals surface area contributed by atoms with Crippen LogP contribution in [0.15, 0.2) is 18.2 Å². The molecule has 0 bridgehead atoms. The second-order valence-corrected chi connectivity index (χ2v) is 7.19. The summed E-state index contributed by atoms with van der Waals surface area (Å²) in [5.41, 5.74) is 7.78. The molecule has 2 atom stereocenters. The van der Waals surface area contributed by atoms with E-state index < -0.39 is 0 Å². The van der Waals surface area contributed by atoms with Crippen LogP contribution in [0.5, 0.6) is 11.5 Å². The molecule has 1 aromatic carbocycles. The Labute approximate surface area is 121 Å². The smallest absolute Gasteiger partial charge is 0.128 e. The van der Waals surface area contributed by atoms with Crippen LogP contribution < -0.4 is 15.2 Å². The van der Waals surface area contributed by atoms with Gasteiger partial charge in [-0.3, -0.25) is 0 Å². The summed E-state index contributed by atoms with van der Waals surface area (Å²) in [7, 11) is 1.68. The lowest BCUT2D eigenvalue weighted by Crippen LogP contribution is -2.48. The van der Waals surface area contributed by atoms with Gasteiger partial charge < -0.3 is 15.2 Å². The van der Waals surface area contributed by atoms with Crippen LogP contribution in [0.1, 0.15) is 57.6 Å². The Morgan fingerprint density at radius 1 is 1.30 bits per heavy atom. The average molecular weight is 275 g/mol. The van der Waals surface area contributed by atoms with E-state index in [2.05, 4.69) is 13.8 Å². The molecule has 1 aromatic rings. The minimum atomic E-state index is -0.0828. The maximum absolute atomic E-state index is 6.45. The molecule has 1 heterocycles. The van der Waals surface area contributed by atoms with E-state index in [0.717, 1.165) is 36.3 Å². The van der Waals surface area contributed by atoms with Gasteiger partial charge in [-0.1, -0.05) is 19.9 Å². The van der Waals surface area contributed by atoms with Gasteiger partial charge in [0.05, 0.1) is 7.11 Å². The molecular formula is C17H25NO2. The third-order valence-electron chi connectivity index (χ3n) is 4.83. The van der Waals surface area contributed by atoms with E-state index in [9.17, 15) is 0 Å². The van der Waals surface area contributed by atoms with E-state index in [4.69, 9.17) is 15.2 Å². The zero-order valence-electron chi connectivity index (χ0n) is 12.7. The molecule has 3 rings (SSSR count). The Morgan fingerprint density at radius 2 is 2.10 bits per heavy atom. The van der Waals surface area contributed by atoms with E-state index in [1.165, 1.54) is 12.8 Å². The van der Waals surface area contributed by atoms with Crippen molar-refractivity contribution in [2.75, 3.05) is 7.11 Å². The number of fused-ring (bicyclic) bond motifs is 1. The highest BCUT2D eigenvalue weighted by atomic mass is 16.5. The van der Waals surface area contributed by atoms with Crippen molar-refractivity contribution in [1.29, 1.82) is 0 Å². The number of methoxy groups -OCH3 is 1. The van der Waals surface area contributed by atoms with E-state index >= 15 is 0 Å². The monoisotopic (exact) mass is 275 g/mol. The topological polar surface area (TPSA) is 44.5 Å². The summed E-state index contributed by atoms with van der Waals surface area (Å²) in [6.45, 7) is 4.67. The van der Waals surface area contributed by atoms with Gasteiger partial charge in [-0.05, 0) is 37.2 Å². The summed E-state index contributed by atoms with van der Waals surface area (Å²) >= 11 is 0. The van der Waals surface area contributed by atoms with Crippen LogP contribution in [-0.2, 0) is 0 Å². The number of ether oxygens (including phenoxy) is 2. The van der Waals surface area contributed by atoms with Gasteiger partial charge in [0.25, 0.3) is 0 Å². The standard InChI is InChI=1S/C17H25NO2/c1-16(2)7-4-8-17(11-16)10-14(18)13-6-5-12(19-3)9-15(13)20-17/h5-6,9,14H,4,7-8,10-11,18H2,1-3H3/t14-,17?/m0/s1. The molecule has 1 aliphatic carbocycles. The quantitative estimate of drug-likeness (QED) is 0.847. The highest BCUT2D eigenvalue weighted by Crippen LogP contribution is 2.50. The Morgan fingerprint density at radius 3 is 2.80 bits per heavy atom. The average Bonchev–Trinajstić information content (AvgIpc) is 2.36. The predicted molar refractivity (Wildman–Crippen MR) is 80.1 cm³/mol. The molecule has 2 N–H and O–H groups in total. The van der Waals surface area contributed by atoms with Crippen molar-refractivity contribution in [1.82, 2.24) is 0 Å². The molecule has 1 unspecified atom stereocenters. The molecule has 3 nitrogen and oxygen atoms in total. The number of benzene rings is 1. The van der Waals surface area contributed by atoms with Gasteiger partial charge in [0.15, 0.2) is 0 Å². The first-order valence-corrected chi connectivity index (χ1v) is 7.56. The lowest BCUT2D eigenvalue weighted by atomic mass is 9.66. The Kier molecular flexibility index (Phi) is 3.20. The van der Waals surface area contributed by atoms with Crippen LogP contribution in [-0.4, -0.2) is 12.7 Å². The molecule has 0 aromatic heterocycles. The van der Waals surface area contributed by atoms with Crippen LogP contribution in [0, 0.1) is 5.41 Å². The van der Waals surface area contributed by atoms with Crippen molar-refractivity contribution in [2.45, 2.75) is 57.6 Å². The molecule has 3 heteroatoms. The Bertz CT molecular complexity index is 512. The largest absolute Gasteiger partial charge is 0.497 e. The zero-order valence-corrected chi connectivity index (χ0v) is 12.7. The molecule has 1 aliphatic heterocycles. The first kappa shape index (κ1) is 13.7. The number of rotatable bonds is 1. The van der Waals surface area contributed by atoms with Gasteiger partial charge in [0.1, 0.15) is 17.1 Å². The first-order valence-electron chi connectivity index (χ1n) is 7.56. The van der Waals surface area contributed by atoms with Gasteiger partial charge in [-0.25, -0.2) is 0 Å². The number of nitrogens with two attached hydrogens (primary N) is 1. The molecule has 0 saturated heterocycles. The molecule has 110 valence electrons. The summed E-state index contributed by atoms with van der Waals surface area (Å²) in [5.74, 6) is 1.75. The summed E-state index contributed by atoms with van der Waals surface area (Å²) in [4.78, 5) is 0. The van der Waals surface area contributed by atoms with Crippen molar-refractivity contribution in [3.63, 3.8) is 0 Å². The van der Waals surface area contributed by atoms with Crippen LogP contribution in [0.3, 0.4) is 0 Å². The molecule has 1 spiro atoms. The Hall–Kier alpha value is -1.22. The normalized spacial score (nSPS) is 31.5. The SMILES string of the molecule is COc1ccc2c(c1)OC1(CCCC(C)(C)C1)C[C@@H]2N. The van der Waals surface area contributed by atoms with Gasteiger partial charge >= 0.3 is 0 Å². The second-order valence-electron chi connectivity index (χ2n) is 7.19. The third kappa shape index (κ3) is 2.39. The van der Waals surface area contributed by atoms with Crippen LogP contribution in [0.4, 0.5) is 0 Å². The molecule has 0 amide bonds. The maximum Gasteiger partial charge on any atom is 0.128 e. The van der Waals surface area contributed by atoms with Crippen molar-refractivity contribution < 1.29 is 9.47 Å².